The van der Waals surface area contributed by atoms with Crippen LogP contribution in [0, 0.1) is 3.57 Å². The first-order valence-electron chi connectivity index (χ1n) is 4.60. The van der Waals surface area contributed by atoms with E-state index in [9.17, 15) is 18.0 Å². The molecule has 1 aromatic rings. The number of nitrogens with zero attached hydrogens (tertiary/aromatic N) is 2. The molecule has 0 saturated carbocycles. The van der Waals surface area contributed by atoms with E-state index in [0.29, 0.717) is 9.13 Å². The van der Waals surface area contributed by atoms with Gasteiger partial charge in [-0.15, -0.1) is 10.2 Å². The summed E-state index contributed by atoms with van der Waals surface area (Å²) in [6.07, 6.45) is -4.53. The maximum atomic E-state index is 12.7. The van der Waals surface area contributed by atoms with Gasteiger partial charge in [0.2, 0.25) is 0 Å². The van der Waals surface area contributed by atoms with Gasteiger partial charge in [0.05, 0.1) is 0 Å². The molecular weight excluding hydrogens is 348 g/mol. The standard InChI is InChI=1S/C10H6F3IN2O/c1-5(17)7-3-2-6(4-8(7)14)9(15-16-9)10(11,12)13/h2-4H,1H3. The molecule has 0 N–H and O–H groups in total. The van der Waals surface area contributed by atoms with Crippen LogP contribution in [0.3, 0.4) is 0 Å². The van der Waals surface area contributed by atoms with Crippen LogP contribution in [0.15, 0.2) is 28.4 Å². The van der Waals surface area contributed by atoms with Gasteiger partial charge in [0.25, 0.3) is 0 Å². The van der Waals surface area contributed by atoms with E-state index in [2.05, 4.69) is 10.2 Å². The number of rotatable bonds is 2. The molecule has 17 heavy (non-hydrogen) atoms. The molecular formula is C10H6F3IN2O. The minimum Gasteiger partial charge on any atom is -0.294 e. The molecule has 0 aromatic heterocycles. The Morgan fingerprint density at radius 2 is 1.94 bits per heavy atom. The van der Waals surface area contributed by atoms with Gasteiger partial charge in [-0.05, 0) is 41.6 Å². The second-order valence-corrected chi connectivity index (χ2v) is 4.78. The van der Waals surface area contributed by atoms with Crippen molar-refractivity contribution in [3.8, 4) is 0 Å². The molecule has 0 spiro atoms. The van der Waals surface area contributed by atoms with Crippen LogP contribution in [0.5, 0.6) is 0 Å². The van der Waals surface area contributed by atoms with Crippen LogP contribution >= 0.6 is 22.6 Å². The van der Waals surface area contributed by atoms with E-state index in [1.807, 2.05) is 22.6 Å². The van der Waals surface area contributed by atoms with Crippen LogP contribution in [0.4, 0.5) is 13.2 Å². The van der Waals surface area contributed by atoms with Crippen molar-refractivity contribution in [2.75, 3.05) is 0 Å². The number of carbonyl (C=O) groups is 1. The van der Waals surface area contributed by atoms with E-state index < -0.39 is 11.8 Å². The fourth-order valence-corrected chi connectivity index (χ4v) is 2.36. The second-order valence-electron chi connectivity index (χ2n) is 3.62. The highest BCUT2D eigenvalue weighted by Crippen LogP contribution is 2.52. The van der Waals surface area contributed by atoms with Gasteiger partial charge in [-0.2, -0.15) is 13.2 Å². The molecule has 2 rings (SSSR count). The molecule has 0 atom stereocenters. The number of halogens is 4. The Hall–Kier alpha value is -0.990. The smallest absolute Gasteiger partial charge is 0.294 e. The van der Waals surface area contributed by atoms with Crippen molar-refractivity contribution in [3.63, 3.8) is 0 Å². The van der Waals surface area contributed by atoms with Crippen LogP contribution in [0.1, 0.15) is 22.8 Å². The van der Waals surface area contributed by atoms with Gasteiger partial charge in [0.1, 0.15) is 0 Å². The van der Waals surface area contributed by atoms with E-state index in [4.69, 9.17) is 0 Å². The number of hydrogen-bond donors (Lipinski definition) is 0. The number of benzene rings is 1. The zero-order valence-corrected chi connectivity index (χ0v) is 10.7. The van der Waals surface area contributed by atoms with E-state index in [1.54, 1.807) is 0 Å². The Kier molecular flexibility index (Phi) is 2.75. The quantitative estimate of drug-likeness (QED) is 0.590. The highest BCUT2D eigenvalue weighted by atomic mass is 127. The summed E-state index contributed by atoms with van der Waals surface area (Å²) in [6, 6.07) is 3.91. The number of Topliss-reactive ketones (excluding diaryl/α,β-unsaturated/α-hetero) is 1. The Morgan fingerprint density at radius 1 is 1.35 bits per heavy atom. The Labute approximate surface area is 108 Å². The van der Waals surface area contributed by atoms with Crippen molar-refractivity contribution >= 4 is 28.4 Å². The van der Waals surface area contributed by atoms with E-state index in [0.717, 1.165) is 0 Å². The van der Waals surface area contributed by atoms with Gasteiger partial charge < -0.3 is 0 Å². The molecule has 0 fully saturated rings. The second kappa shape index (κ2) is 3.76. The molecule has 90 valence electrons. The summed E-state index contributed by atoms with van der Waals surface area (Å²) >= 11 is 1.83. The topological polar surface area (TPSA) is 41.8 Å². The maximum absolute atomic E-state index is 12.7. The zero-order valence-electron chi connectivity index (χ0n) is 8.55. The van der Waals surface area contributed by atoms with Crippen molar-refractivity contribution in [2.24, 2.45) is 10.2 Å². The lowest BCUT2D eigenvalue weighted by Gasteiger charge is -2.15. The largest absolute Gasteiger partial charge is 0.442 e. The molecule has 1 aliphatic heterocycles. The van der Waals surface area contributed by atoms with Crippen LogP contribution in [0.25, 0.3) is 0 Å². The number of hydrogen-bond acceptors (Lipinski definition) is 3. The molecule has 0 unspecified atom stereocenters. The molecule has 0 aliphatic carbocycles. The molecule has 1 heterocycles. The third-order valence-corrected chi connectivity index (χ3v) is 3.34. The Balaban J connectivity index is 2.43. The number of carbonyl (C=O) groups excluding carboxylic acids is 1. The summed E-state index contributed by atoms with van der Waals surface area (Å²) in [5, 5.41) is 6.21. The first kappa shape index (κ1) is 12.5. The van der Waals surface area contributed by atoms with E-state index in [1.165, 1.54) is 25.1 Å². The average Bonchev–Trinajstić information content (AvgIpc) is 2.95. The molecule has 0 saturated heterocycles. The van der Waals surface area contributed by atoms with Crippen LogP contribution in [-0.4, -0.2) is 12.0 Å². The lowest BCUT2D eigenvalue weighted by Crippen LogP contribution is -2.30. The predicted molar refractivity (Wildman–Crippen MR) is 61.8 cm³/mol. The van der Waals surface area contributed by atoms with Gasteiger partial charge >= 0.3 is 11.8 Å². The van der Waals surface area contributed by atoms with Gasteiger partial charge in [-0.1, -0.05) is 6.07 Å². The summed E-state index contributed by atoms with van der Waals surface area (Å²) in [5.74, 6) is -0.188. The molecule has 1 aliphatic rings. The van der Waals surface area contributed by atoms with Crippen molar-refractivity contribution < 1.29 is 18.0 Å². The van der Waals surface area contributed by atoms with Crippen molar-refractivity contribution in [1.82, 2.24) is 0 Å². The fourth-order valence-electron chi connectivity index (χ4n) is 1.46. The molecule has 3 nitrogen and oxygen atoms in total. The normalized spacial score (nSPS) is 17.0. The van der Waals surface area contributed by atoms with Crippen molar-refractivity contribution in [3.05, 3.63) is 32.9 Å². The van der Waals surface area contributed by atoms with E-state index in [-0.39, 0.29) is 11.3 Å². The molecule has 1 aromatic carbocycles. The van der Waals surface area contributed by atoms with Gasteiger partial charge in [0, 0.05) is 14.7 Å². The summed E-state index contributed by atoms with van der Waals surface area (Å²) in [7, 11) is 0. The van der Waals surface area contributed by atoms with Gasteiger partial charge in [-0.3, -0.25) is 4.79 Å². The highest BCUT2D eigenvalue weighted by molar-refractivity contribution is 14.1. The molecule has 7 heteroatoms. The maximum Gasteiger partial charge on any atom is 0.442 e. The summed E-state index contributed by atoms with van der Waals surface area (Å²) in [4.78, 5) is 11.2. The molecule has 0 radical (unpaired) electrons. The summed E-state index contributed by atoms with van der Waals surface area (Å²) < 4.78 is 38.6. The Morgan fingerprint density at radius 3 is 2.29 bits per heavy atom. The van der Waals surface area contributed by atoms with Crippen molar-refractivity contribution in [2.45, 2.75) is 18.8 Å². The third kappa shape index (κ3) is 1.96. The van der Waals surface area contributed by atoms with Gasteiger partial charge in [-0.25, -0.2) is 0 Å². The predicted octanol–water partition coefficient (Wildman–Crippen LogP) is 3.67. The monoisotopic (exact) mass is 354 g/mol. The first-order valence-corrected chi connectivity index (χ1v) is 5.67. The van der Waals surface area contributed by atoms with Crippen LogP contribution in [-0.2, 0) is 5.66 Å². The first-order chi connectivity index (χ1) is 7.78. The number of alkyl halides is 3. The summed E-state index contributed by atoms with van der Waals surface area (Å²) in [6.45, 7) is 1.36. The molecule has 0 amide bonds. The van der Waals surface area contributed by atoms with Gasteiger partial charge in [0.15, 0.2) is 5.78 Å². The Bertz CT molecular complexity index is 519. The number of ketones is 1. The lowest BCUT2D eigenvalue weighted by atomic mass is 10.0. The third-order valence-electron chi connectivity index (χ3n) is 2.45. The molecule has 0 bridgehead atoms. The van der Waals surface area contributed by atoms with Crippen molar-refractivity contribution in [1.29, 1.82) is 0 Å². The van der Waals surface area contributed by atoms with Crippen LogP contribution < -0.4 is 0 Å². The van der Waals surface area contributed by atoms with E-state index >= 15 is 0 Å². The van der Waals surface area contributed by atoms with Crippen LogP contribution in [0.2, 0.25) is 0 Å². The SMILES string of the molecule is CC(=O)c1ccc(C2(C(F)(F)F)N=N2)cc1I. The lowest BCUT2D eigenvalue weighted by molar-refractivity contribution is -0.166. The zero-order chi connectivity index (χ0) is 12.8. The minimum absolute atomic E-state index is 0.0561. The average molecular weight is 354 g/mol. The minimum atomic E-state index is -4.53. The summed E-state index contributed by atoms with van der Waals surface area (Å²) in [5.41, 5.74) is -2.07. The fraction of sp³-hybridized carbons (Fsp3) is 0.300. The highest BCUT2D eigenvalue weighted by Gasteiger charge is 2.65.